The molecule has 0 amide bonds. The van der Waals surface area contributed by atoms with Gasteiger partial charge in [-0.2, -0.15) is 4.99 Å². The highest BCUT2D eigenvalue weighted by Gasteiger charge is 2.01. The van der Waals surface area contributed by atoms with Gasteiger partial charge in [0.1, 0.15) is 0 Å². The van der Waals surface area contributed by atoms with Gasteiger partial charge < -0.3 is 0 Å². The van der Waals surface area contributed by atoms with Crippen LogP contribution in [-0.4, -0.2) is 18.7 Å². The standard InChI is InChI=1S/C12H12N2O2/c1-2-11-4-3-10(5-6-13-8-15)7-12(11)14-9-16/h3-4,7H,2,5-6H2,1H3. The van der Waals surface area contributed by atoms with Crippen molar-refractivity contribution in [1.29, 1.82) is 0 Å². The number of benzene rings is 1. The van der Waals surface area contributed by atoms with Crippen LogP contribution in [0, 0.1) is 0 Å². The van der Waals surface area contributed by atoms with Crippen molar-refractivity contribution < 1.29 is 9.59 Å². The maximum absolute atomic E-state index is 10.3. The molecule has 1 rings (SSSR count). The van der Waals surface area contributed by atoms with E-state index in [2.05, 4.69) is 9.98 Å². The molecule has 1 aromatic carbocycles. The van der Waals surface area contributed by atoms with Crippen LogP contribution in [0.2, 0.25) is 0 Å². The Kier molecular flexibility index (Phi) is 4.87. The van der Waals surface area contributed by atoms with Crippen LogP contribution in [0.25, 0.3) is 0 Å². The molecular formula is C12H12N2O2. The van der Waals surface area contributed by atoms with E-state index in [1.165, 1.54) is 6.08 Å². The second-order valence-electron chi connectivity index (χ2n) is 3.24. The Balaban J connectivity index is 2.92. The molecule has 0 aromatic heterocycles. The van der Waals surface area contributed by atoms with E-state index in [1.807, 2.05) is 25.1 Å². The predicted molar refractivity (Wildman–Crippen MR) is 60.3 cm³/mol. The maximum atomic E-state index is 10.3. The van der Waals surface area contributed by atoms with Gasteiger partial charge in [-0.25, -0.2) is 14.6 Å². The summed E-state index contributed by atoms with van der Waals surface area (Å²) in [7, 11) is 0. The van der Waals surface area contributed by atoms with Gasteiger partial charge in [0, 0.05) is 0 Å². The molecule has 0 saturated heterocycles. The number of isocyanates is 2. The molecule has 1 aromatic rings. The Morgan fingerprint density at radius 3 is 2.69 bits per heavy atom. The van der Waals surface area contributed by atoms with Crippen molar-refractivity contribution in [2.24, 2.45) is 9.98 Å². The highest BCUT2D eigenvalue weighted by molar-refractivity contribution is 5.55. The summed E-state index contributed by atoms with van der Waals surface area (Å²) >= 11 is 0. The van der Waals surface area contributed by atoms with Gasteiger partial charge in [0.2, 0.25) is 12.2 Å². The van der Waals surface area contributed by atoms with Crippen molar-refractivity contribution in [1.82, 2.24) is 0 Å². The molecule has 0 bridgehead atoms. The van der Waals surface area contributed by atoms with Gasteiger partial charge in [-0.3, -0.25) is 0 Å². The van der Waals surface area contributed by atoms with Crippen LogP contribution in [0.5, 0.6) is 0 Å². The van der Waals surface area contributed by atoms with Gasteiger partial charge in [0.15, 0.2) is 0 Å². The molecule has 0 heterocycles. The first-order valence-electron chi connectivity index (χ1n) is 5.05. The van der Waals surface area contributed by atoms with E-state index in [-0.39, 0.29) is 0 Å². The summed E-state index contributed by atoms with van der Waals surface area (Å²) in [6, 6.07) is 5.70. The Bertz CT molecular complexity index is 456. The summed E-state index contributed by atoms with van der Waals surface area (Å²) in [6.45, 7) is 2.40. The average molecular weight is 216 g/mol. The highest BCUT2D eigenvalue weighted by atomic mass is 16.1. The van der Waals surface area contributed by atoms with Crippen LogP contribution in [0.4, 0.5) is 5.69 Å². The molecule has 0 atom stereocenters. The second kappa shape index (κ2) is 6.46. The van der Waals surface area contributed by atoms with Gasteiger partial charge in [-0.15, -0.1) is 0 Å². The molecule has 0 N–H and O–H groups in total. The average Bonchev–Trinajstić information content (AvgIpc) is 2.30. The lowest BCUT2D eigenvalue weighted by atomic mass is 10.1. The molecule has 0 aliphatic carbocycles. The lowest BCUT2D eigenvalue weighted by Gasteiger charge is -2.04. The minimum Gasteiger partial charge on any atom is -0.211 e. The molecule has 0 fully saturated rings. The SMILES string of the molecule is CCc1ccc(CCN=C=O)cc1N=C=O. The van der Waals surface area contributed by atoms with Gasteiger partial charge in [0.25, 0.3) is 0 Å². The van der Waals surface area contributed by atoms with Crippen molar-refractivity contribution in [2.45, 2.75) is 19.8 Å². The third kappa shape index (κ3) is 3.28. The Labute approximate surface area is 93.7 Å². The topological polar surface area (TPSA) is 58.9 Å². The molecule has 0 unspecified atom stereocenters. The first-order valence-corrected chi connectivity index (χ1v) is 5.05. The molecule has 0 spiro atoms. The Morgan fingerprint density at radius 2 is 2.06 bits per heavy atom. The first-order chi connectivity index (χ1) is 7.81. The van der Waals surface area contributed by atoms with E-state index in [9.17, 15) is 9.59 Å². The van der Waals surface area contributed by atoms with Crippen LogP contribution in [-0.2, 0) is 22.4 Å². The fraction of sp³-hybridized carbons (Fsp3) is 0.333. The fourth-order valence-electron chi connectivity index (χ4n) is 1.45. The molecule has 4 nitrogen and oxygen atoms in total. The van der Waals surface area contributed by atoms with Gasteiger partial charge in [-0.1, -0.05) is 19.1 Å². The van der Waals surface area contributed by atoms with Crippen molar-refractivity contribution in [3.63, 3.8) is 0 Å². The molecule has 0 aliphatic heterocycles. The van der Waals surface area contributed by atoms with E-state index >= 15 is 0 Å². The lowest BCUT2D eigenvalue weighted by molar-refractivity contribution is 0.562. The summed E-state index contributed by atoms with van der Waals surface area (Å²) in [5.74, 6) is 0. The largest absolute Gasteiger partial charge is 0.240 e. The second-order valence-corrected chi connectivity index (χ2v) is 3.24. The van der Waals surface area contributed by atoms with Crippen molar-refractivity contribution in [2.75, 3.05) is 6.54 Å². The maximum Gasteiger partial charge on any atom is 0.240 e. The van der Waals surface area contributed by atoms with E-state index in [0.717, 1.165) is 17.5 Å². The van der Waals surface area contributed by atoms with E-state index in [1.54, 1.807) is 6.08 Å². The predicted octanol–water partition coefficient (Wildman–Crippen LogP) is 2.09. The molecule has 82 valence electrons. The summed E-state index contributed by atoms with van der Waals surface area (Å²) in [5.41, 5.74) is 2.64. The molecule has 16 heavy (non-hydrogen) atoms. The molecule has 4 heteroatoms. The number of aliphatic imine (C=N–C) groups is 2. The third-order valence-electron chi connectivity index (χ3n) is 2.27. The number of hydrogen-bond donors (Lipinski definition) is 0. The Hall–Kier alpha value is -2.02. The minimum absolute atomic E-state index is 0.402. The number of carbonyl (C=O) groups excluding carboxylic acids is 2. The van der Waals surface area contributed by atoms with Gasteiger partial charge in [-0.05, 0) is 30.0 Å². The van der Waals surface area contributed by atoms with E-state index in [0.29, 0.717) is 18.7 Å². The zero-order valence-corrected chi connectivity index (χ0v) is 9.06. The smallest absolute Gasteiger partial charge is 0.211 e. The van der Waals surface area contributed by atoms with Crippen molar-refractivity contribution in [3.05, 3.63) is 29.3 Å². The zero-order chi connectivity index (χ0) is 11.8. The third-order valence-corrected chi connectivity index (χ3v) is 2.27. The molecule has 0 saturated carbocycles. The van der Waals surface area contributed by atoms with Crippen molar-refractivity contribution in [3.8, 4) is 0 Å². The number of rotatable bonds is 5. The van der Waals surface area contributed by atoms with E-state index < -0.39 is 0 Å². The molecule has 0 radical (unpaired) electrons. The van der Waals surface area contributed by atoms with Crippen LogP contribution in [0.15, 0.2) is 28.2 Å². The van der Waals surface area contributed by atoms with Crippen molar-refractivity contribution >= 4 is 17.8 Å². The van der Waals surface area contributed by atoms with Crippen LogP contribution < -0.4 is 0 Å². The van der Waals surface area contributed by atoms with Crippen LogP contribution in [0.3, 0.4) is 0 Å². The monoisotopic (exact) mass is 216 g/mol. The van der Waals surface area contributed by atoms with Gasteiger partial charge in [0.05, 0.1) is 12.2 Å². The molecular weight excluding hydrogens is 204 g/mol. The molecule has 0 aliphatic rings. The summed E-state index contributed by atoms with van der Waals surface area (Å²) in [5, 5.41) is 0. The minimum atomic E-state index is 0.402. The zero-order valence-electron chi connectivity index (χ0n) is 9.06. The van der Waals surface area contributed by atoms with Crippen LogP contribution >= 0.6 is 0 Å². The first kappa shape index (κ1) is 12.1. The number of aryl methyl sites for hydroxylation is 1. The quantitative estimate of drug-likeness (QED) is 0.559. The fourth-order valence-corrected chi connectivity index (χ4v) is 1.45. The summed E-state index contributed by atoms with van der Waals surface area (Å²) in [6.07, 6.45) is 4.48. The number of hydrogen-bond acceptors (Lipinski definition) is 4. The Morgan fingerprint density at radius 1 is 1.25 bits per heavy atom. The normalized spacial score (nSPS) is 9.06. The summed E-state index contributed by atoms with van der Waals surface area (Å²) < 4.78 is 0. The lowest BCUT2D eigenvalue weighted by Crippen LogP contribution is -1.91. The van der Waals surface area contributed by atoms with Gasteiger partial charge >= 0.3 is 0 Å². The number of nitrogens with zero attached hydrogens (tertiary/aromatic N) is 2. The summed E-state index contributed by atoms with van der Waals surface area (Å²) in [4.78, 5) is 27.3. The van der Waals surface area contributed by atoms with Crippen LogP contribution in [0.1, 0.15) is 18.1 Å². The van der Waals surface area contributed by atoms with E-state index in [4.69, 9.17) is 0 Å². The highest BCUT2D eigenvalue weighted by Crippen LogP contribution is 2.21.